The number of hydrogen-bond donors (Lipinski definition) is 2. The Morgan fingerprint density at radius 3 is 2.28 bits per heavy atom. The molecule has 4 rings (SSSR count). The zero-order valence-corrected chi connectivity index (χ0v) is 17.8. The van der Waals surface area contributed by atoms with Gasteiger partial charge in [0, 0.05) is 16.5 Å². The molecule has 0 saturated heterocycles. The summed E-state index contributed by atoms with van der Waals surface area (Å²) >= 11 is 0. The average molecular weight is 513 g/mol. The first kappa shape index (κ1) is 24.8. The molecule has 6 nitrogen and oxygen atoms in total. The van der Waals surface area contributed by atoms with Crippen LogP contribution in [0.2, 0.25) is 0 Å². The molecule has 1 amide bonds. The summed E-state index contributed by atoms with van der Waals surface area (Å²) < 4.78 is 99.0. The van der Waals surface area contributed by atoms with E-state index in [0.717, 1.165) is 36.4 Å². The van der Waals surface area contributed by atoms with Crippen LogP contribution in [0.25, 0.3) is 10.9 Å². The van der Waals surface area contributed by atoms with Gasteiger partial charge in [-0.1, -0.05) is 6.07 Å². The molecular weight excluding hydrogens is 499 g/mol. The van der Waals surface area contributed by atoms with Crippen LogP contribution >= 0.6 is 0 Å². The van der Waals surface area contributed by atoms with Gasteiger partial charge in [-0.2, -0.15) is 18.3 Å². The largest absolute Gasteiger partial charge is 0.573 e. The van der Waals surface area contributed by atoms with E-state index in [9.17, 15) is 35.5 Å². The van der Waals surface area contributed by atoms with E-state index in [-0.39, 0.29) is 22.7 Å². The van der Waals surface area contributed by atoms with Crippen molar-refractivity contribution in [3.63, 3.8) is 0 Å². The fourth-order valence-corrected chi connectivity index (χ4v) is 3.27. The second-order valence-corrected chi connectivity index (χ2v) is 7.39. The molecule has 4 aromatic rings. The topological polar surface area (TPSA) is 76.2 Å². The van der Waals surface area contributed by atoms with E-state index in [1.807, 2.05) is 0 Å². The van der Waals surface area contributed by atoms with Gasteiger partial charge in [-0.3, -0.25) is 9.89 Å². The van der Waals surface area contributed by atoms with Crippen LogP contribution in [0.15, 0.2) is 60.7 Å². The summed E-state index contributed by atoms with van der Waals surface area (Å²) in [6.07, 6.45) is -9.65. The fraction of sp³-hybridized carbons (Fsp3) is 0.130. The van der Waals surface area contributed by atoms with Gasteiger partial charge in [0.25, 0.3) is 5.91 Å². The van der Waals surface area contributed by atoms with Gasteiger partial charge < -0.3 is 14.8 Å². The molecule has 0 aliphatic carbocycles. The quantitative estimate of drug-likeness (QED) is 0.291. The van der Waals surface area contributed by atoms with E-state index in [2.05, 4.69) is 20.3 Å². The van der Waals surface area contributed by atoms with Crippen molar-refractivity contribution in [3.8, 4) is 11.5 Å². The fourth-order valence-electron chi connectivity index (χ4n) is 3.27. The summed E-state index contributed by atoms with van der Waals surface area (Å²) in [7, 11) is 0. The van der Waals surface area contributed by atoms with Crippen molar-refractivity contribution in [3.05, 3.63) is 83.2 Å². The van der Waals surface area contributed by atoms with E-state index in [1.54, 1.807) is 0 Å². The highest BCUT2D eigenvalue weighted by Crippen LogP contribution is 2.33. The first-order valence-electron chi connectivity index (χ1n) is 10.0. The molecule has 0 atom stereocenters. The van der Waals surface area contributed by atoms with Crippen LogP contribution in [0.3, 0.4) is 0 Å². The summed E-state index contributed by atoms with van der Waals surface area (Å²) in [5.41, 5.74) is -0.956. The molecule has 0 bridgehead atoms. The third-order valence-electron chi connectivity index (χ3n) is 4.89. The van der Waals surface area contributed by atoms with Gasteiger partial charge in [0.2, 0.25) is 0 Å². The Labute approximate surface area is 197 Å². The van der Waals surface area contributed by atoms with Gasteiger partial charge in [0.1, 0.15) is 23.9 Å². The van der Waals surface area contributed by atoms with Gasteiger partial charge in [0.15, 0.2) is 5.82 Å². The van der Waals surface area contributed by atoms with E-state index < -0.39 is 42.2 Å². The third kappa shape index (κ3) is 5.85. The second kappa shape index (κ2) is 9.40. The summed E-state index contributed by atoms with van der Waals surface area (Å²) in [5.74, 6) is -2.02. The minimum atomic E-state index is -4.87. The number of nitrogens with zero attached hydrogens (tertiary/aromatic N) is 1. The Balaban J connectivity index is 1.49. The SMILES string of the molecule is O=C(Nc1n[nH]c2ccc(OCc3ccc(F)cc3C(F)(F)F)cc12)c1ccc(OC(F)(F)F)cc1. The standard InChI is InChI=1S/C23H14F7N3O3/c24-14-4-1-13(18(9-14)22(25,26)27)11-35-16-7-8-19-17(10-16)20(33-32-19)31-21(34)12-2-5-15(6-3-12)36-23(28,29)30/h1-10H,11H2,(H2,31,32,33,34). The number of halogens is 7. The Morgan fingerprint density at radius 2 is 1.61 bits per heavy atom. The first-order chi connectivity index (χ1) is 16.9. The van der Waals surface area contributed by atoms with Gasteiger partial charge in [-0.25, -0.2) is 4.39 Å². The number of ether oxygens (including phenoxy) is 2. The summed E-state index contributed by atoms with van der Waals surface area (Å²) in [6, 6.07) is 10.9. The number of H-pyrrole nitrogens is 1. The van der Waals surface area contributed by atoms with Crippen LogP contribution in [0.1, 0.15) is 21.5 Å². The molecule has 0 radical (unpaired) electrons. The number of anilines is 1. The first-order valence-corrected chi connectivity index (χ1v) is 10.0. The molecule has 36 heavy (non-hydrogen) atoms. The summed E-state index contributed by atoms with van der Waals surface area (Å²) in [6.45, 7) is -0.507. The van der Waals surface area contributed by atoms with Crippen LogP contribution in [-0.2, 0) is 12.8 Å². The number of alkyl halides is 6. The van der Waals surface area contributed by atoms with Crippen LogP contribution < -0.4 is 14.8 Å². The van der Waals surface area contributed by atoms with Crippen molar-refractivity contribution < 1.29 is 45.0 Å². The number of benzene rings is 3. The van der Waals surface area contributed by atoms with Crippen LogP contribution in [0, 0.1) is 5.82 Å². The number of nitrogens with one attached hydrogen (secondary N) is 2. The Kier molecular flexibility index (Phi) is 6.48. The molecule has 188 valence electrons. The van der Waals surface area contributed by atoms with Crippen molar-refractivity contribution >= 4 is 22.6 Å². The van der Waals surface area contributed by atoms with Gasteiger partial charge in [0.05, 0.1) is 11.1 Å². The molecule has 2 N–H and O–H groups in total. The number of carbonyl (C=O) groups excluding carboxylic acids is 1. The van der Waals surface area contributed by atoms with E-state index in [1.165, 1.54) is 18.2 Å². The molecule has 3 aromatic carbocycles. The molecule has 1 heterocycles. The number of rotatable bonds is 6. The van der Waals surface area contributed by atoms with Crippen molar-refractivity contribution in [1.82, 2.24) is 10.2 Å². The smallest absolute Gasteiger partial charge is 0.489 e. The average Bonchev–Trinajstić information content (AvgIpc) is 3.19. The zero-order chi connectivity index (χ0) is 26.1. The van der Waals surface area contributed by atoms with Crippen molar-refractivity contribution in [1.29, 1.82) is 0 Å². The lowest BCUT2D eigenvalue weighted by Crippen LogP contribution is -2.17. The number of hydrogen-bond acceptors (Lipinski definition) is 4. The number of fused-ring (bicyclic) bond motifs is 1. The van der Waals surface area contributed by atoms with E-state index in [0.29, 0.717) is 17.0 Å². The van der Waals surface area contributed by atoms with Gasteiger partial charge >= 0.3 is 12.5 Å². The van der Waals surface area contributed by atoms with Gasteiger partial charge in [-0.15, -0.1) is 13.2 Å². The molecule has 0 aliphatic rings. The number of aromatic amines is 1. The highest BCUT2D eigenvalue weighted by molar-refractivity contribution is 6.08. The van der Waals surface area contributed by atoms with Crippen LogP contribution in [0.5, 0.6) is 11.5 Å². The maximum absolute atomic E-state index is 13.3. The van der Waals surface area contributed by atoms with Crippen LogP contribution in [0.4, 0.5) is 36.6 Å². The van der Waals surface area contributed by atoms with Crippen molar-refractivity contribution in [2.24, 2.45) is 0 Å². The maximum Gasteiger partial charge on any atom is 0.573 e. The van der Waals surface area contributed by atoms with Crippen molar-refractivity contribution in [2.75, 3.05) is 5.32 Å². The summed E-state index contributed by atoms with van der Waals surface area (Å²) in [5, 5.41) is 9.48. The molecule has 0 saturated carbocycles. The summed E-state index contributed by atoms with van der Waals surface area (Å²) in [4.78, 5) is 12.5. The third-order valence-corrected chi connectivity index (χ3v) is 4.89. The molecule has 0 spiro atoms. The Bertz CT molecular complexity index is 1400. The lowest BCUT2D eigenvalue weighted by molar-refractivity contribution is -0.274. The zero-order valence-electron chi connectivity index (χ0n) is 17.8. The highest BCUT2D eigenvalue weighted by atomic mass is 19.4. The molecule has 0 unspecified atom stereocenters. The molecule has 0 fully saturated rings. The van der Waals surface area contributed by atoms with Gasteiger partial charge in [-0.05, 0) is 54.6 Å². The predicted molar refractivity (Wildman–Crippen MR) is 113 cm³/mol. The van der Waals surface area contributed by atoms with Crippen LogP contribution in [-0.4, -0.2) is 22.5 Å². The molecule has 0 aliphatic heterocycles. The van der Waals surface area contributed by atoms with E-state index in [4.69, 9.17) is 4.74 Å². The van der Waals surface area contributed by atoms with Crippen molar-refractivity contribution in [2.45, 2.75) is 19.1 Å². The Hall–Kier alpha value is -4.29. The predicted octanol–water partition coefficient (Wildman–Crippen LogP) is 6.45. The monoisotopic (exact) mass is 513 g/mol. The lowest BCUT2D eigenvalue weighted by atomic mass is 10.1. The van der Waals surface area contributed by atoms with E-state index >= 15 is 0 Å². The second-order valence-electron chi connectivity index (χ2n) is 7.39. The number of aromatic nitrogens is 2. The number of carbonyl (C=O) groups is 1. The minimum Gasteiger partial charge on any atom is -0.489 e. The molecule has 13 heteroatoms. The maximum atomic E-state index is 13.3. The normalized spacial score (nSPS) is 12.0. The molecular formula is C23H14F7N3O3. The number of amides is 1. The lowest BCUT2D eigenvalue weighted by Gasteiger charge is -2.14. The Morgan fingerprint density at radius 1 is 0.917 bits per heavy atom. The minimum absolute atomic E-state index is 0.0177. The highest BCUT2D eigenvalue weighted by Gasteiger charge is 2.34. The molecule has 1 aromatic heterocycles.